The minimum Gasteiger partial charge on any atom is -0.313 e. The Morgan fingerprint density at radius 2 is 2.05 bits per heavy atom. The fourth-order valence-corrected chi connectivity index (χ4v) is 3.40. The molecule has 2 heterocycles. The molecule has 0 spiro atoms. The number of imidazole rings is 1. The van der Waals surface area contributed by atoms with Crippen LogP contribution >= 0.6 is 11.8 Å². The van der Waals surface area contributed by atoms with Crippen molar-refractivity contribution in [2.24, 2.45) is 13.0 Å². The molecule has 0 aliphatic heterocycles. The van der Waals surface area contributed by atoms with Crippen molar-refractivity contribution in [1.82, 2.24) is 19.1 Å². The number of aryl methyl sites for hydroxylation is 2. The molecule has 0 atom stereocenters. The molecule has 0 fully saturated rings. The zero-order valence-corrected chi connectivity index (χ0v) is 13.8. The van der Waals surface area contributed by atoms with E-state index in [4.69, 9.17) is 0 Å². The first-order chi connectivity index (χ1) is 9.95. The Hall–Kier alpha value is -1.50. The third kappa shape index (κ3) is 3.23. The van der Waals surface area contributed by atoms with E-state index in [0.717, 1.165) is 30.3 Å². The smallest absolute Gasteiger partial charge is 0.313 e. The summed E-state index contributed by atoms with van der Waals surface area (Å²) in [5.74, 6) is 1.59. The second kappa shape index (κ2) is 6.51. The summed E-state index contributed by atoms with van der Waals surface area (Å²) in [5.41, 5.74) is 0.174. The summed E-state index contributed by atoms with van der Waals surface area (Å²) in [6.07, 6.45) is 2.00. The zero-order valence-electron chi connectivity index (χ0n) is 13.0. The molecule has 0 amide bonds. The number of H-pyrrole nitrogens is 1. The number of aromatic nitrogens is 4. The summed E-state index contributed by atoms with van der Waals surface area (Å²) in [6, 6.07) is 0. The predicted octanol–water partition coefficient (Wildman–Crippen LogP) is 1.97. The number of hydrogen-bond donors (Lipinski definition) is 1. The van der Waals surface area contributed by atoms with Gasteiger partial charge in [0.2, 0.25) is 0 Å². The van der Waals surface area contributed by atoms with Gasteiger partial charge in [0, 0.05) is 19.3 Å². The zero-order chi connectivity index (χ0) is 15.6. The van der Waals surface area contributed by atoms with Crippen LogP contribution < -0.4 is 11.2 Å². The highest BCUT2D eigenvalue weighted by molar-refractivity contribution is 7.99. The van der Waals surface area contributed by atoms with Crippen molar-refractivity contribution >= 4 is 22.9 Å². The van der Waals surface area contributed by atoms with Crippen LogP contribution in [0, 0.1) is 5.92 Å². The van der Waals surface area contributed by atoms with E-state index in [-0.39, 0.29) is 5.56 Å². The monoisotopic (exact) mass is 310 g/mol. The Kier molecular flexibility index (Phi) is 4.92. The SMILES string of the molecule is CCCn1c(SCCC(C)C)nc2c1c(=O)[nH]c(=O)n2C. The molecule has 2 aromatic rings. The van der Waals surface area contributed by atoms with Crippen molar-refractivity contribution in [1.29, 1.82) is 0 Å². The van der Waals surface area contributed by atoms with Crippen molar-refractivity contribution in [2.75, 3.05) is 5.75 Å². The molecule has 0 saturated heterocycles. The standard InChI is InChI=1S/C14H22N4O2S/c1-5-7-18-10-11(17(4)13(20)16-12(10)19)15-14(18)21-8-6-9(2)3/h9H,5-8H2,1-4H3,(H,16,19,20). The molecular weight excluding hydrogens is 288 g/mol. The van der Waals surface area contributed by atoms with Gasteiger partial charge in [-0.1, -0.05) is 32.5 Å². The summed E-state index contributed by atoms with van der Waals surface area (Å²) in [6.45, 7) is 7.15. The van der Waals surface area contributed by atoms with Crippen LogP contribution in [0.4, 0.5) is 0 Å². The van der Waals surface area contributed by atoms with Crippen molar-refractivity contribution in [3.8, 4) is 0 Å². The molecule has 0 unspecified atom stereocenters. The normalized spacial score (nSPS) is 11.7. The van der Waals surface area contributed by atoms with Crippen LogP contribution in [-0.2, 0) is 13.6 Å². The molecular formula is C14H22N4O2S. The Labute approximate surface area is 127 Å². The summed E-state index contributed by atoms with van der Waals surface area (Å²) in [4.78, 5) is 30.7. The summed E-state index contributed by atoms with van der Waals surface area (Å²) in [7, 11) is 1.63. The van der Waals surface area contributed by atoms with E-state index in [1.54, 1.807) is 18.8 Å². The quantitative estimate of drug-likeness (QED) is 0.828. The van der Waals surface area contributed by atoms with E-state index >= 15 is 0 Å². The number of nitrogens with one attached hydrogen (secondary N) is 1. The van der Waals surface area contributed by atoms with Gasteiger partial charge >= 0.3 is 5.69 Å². The van der Waals surface area contributed by atoms with Gasteiger partial charge in [0.25, 0.3) is 5.56 Å². The average molecular weight is 310 g/mol. The Balaban J connectivity index is 2.52. The third-order valence-electron chi connectivity index (χ3n) is 3.35. The minimum atomic E-state index is -0.424. The number of rotatable bonds is 6. The van der Waals surface area contributed by atoms with Gasteiger partial charge in [-0.05, 0) is 18.8 Å². The van der Waals surface area contributed by atoms with Gasteiger partial charge < -0.3 is 4.57 Å². The first-order valence-electron chi connectivity index (χ1n) is 7.28. The molecule has 2 rings (SSSR count). The molecule has 0 aromatic carbocycles. The Bertz CT molecular complexity index is 742. The van der Waals surface area contributed by atoms with Gasteiger partial charge in [0.15, 0.2) is 16.3 Å². The minimum absolute atomic E-state index is 0.357. The third-order valence-corrected chi connectivity index (χ3v) is 4.36. The number of fused-ring (bicyclic) bond motifs is 1. The molecule has 2 aromatic heterocycles. The first-order valence-corrected chi connectivity index (χ1v) is 8.26. The van der Waals surface area contributed by atoms with Gasteiger partial charge in [-0.2, -0.15) is 0 Å². The molecule has 7 heteroatoms. The summed E-state index contributed by atoms with van der Waals surface area (Å²) in [5, 5.41) is 0.819. The highest BCUT2D eigenvalue weighted by atomic mass is 32.2. The van der Waals surface area contributed by atoms with Crippen molar-refractivity contribution < 1.29 is 0 Å². The van der Waals surface area contributed by atoms with E-state index in [0.29, 0.717) is 17.1 Å². The summed E-state index contributed by atoms with van der Waals surface area (Å²) < 4.78 is 3.33. The van der Waals surface area contributed by atoms with E-state index in [1.165, 1.54) is 4.57 Å². The van der Waals surface area contributed by atoms with Gasteiger partial charge in [0.1, 0.15) is 0 Å². The Morgan fingerprint density at radius 3 is 2.67 bits per heavy atom. The molecule has 0 saturated carbocycles. The largest absolute Gasteiger partial charge is 0.329 e. The van der Waals surface area contributed by atoms with Crippen LogP contribution in [0.1, 0.15) is 33.6 Å². The lowest BCUT2D eigenvalue weighted by Gasteiger charge is -2.07. The van der Waals surface area contributed by atoms with Gasteiger partial charge in [0.05, 0.1) is 0 Å². The lowest BCUT2D eigenvalue weighted by atomic mass is 10.2. The van der Waals surface area contributed by atoms with Crippen LogP contribution in [0.5, 0.6) is 0 Å². The number of nitrogens with zero attached hydrogens (tertiary/aromatic N) is 3. The molecule has 21 heavy (non-hydrogen) atoms. The Morgan fingerprint density at radius 1 is 1.33 bits per heavy atom. The molecule has 1 N–H and O–H groups in total. The fourth-order valence-electron chi connectivity index (χ4n) is 2.14. The van der Waals surface area contributed by atoms with Crippen molar-refractivity contribution in [3.05, 3.63) is 20.8 Å². The van der Waals surface area contributed by atoms with Gasteiger partial charge in [-0.25, -0.2) is 9.78 Å². The maximum Gasteiger partial charge on any atom is 0.329 e. The highest BCUT2D eigenvalue weighted by Gasteiger charge is 2.17. The lowest BCUT2D eigenvalue weighted by Crippen LogP contribution is -2.29. The molecule has 0 radical (unpaired) electrons. The van der Waals surface area contributed by atoms with E-state index in [2.05, 4.69) is 30.7 Å². The lowest BCUT2D eigenvalue weighted by molar-refractivity contribution is 0.622. The topological polar surface area (TPSA) is 72.7 Å². The van der Waals surface area contributed by atoms with Crippen molar-refractivity contribution in [2.45, 2.75) is 45.3 Å². The average Bonchev–Trinajstić information content (AvgIpc) is 2.76. The second-order valence-corrected chi connectivity index (χ2v) is 6.63. The summed E-state index contributed by atoms with van der Waals surface area (Å²) >= 11 is 1.65. The van der Waals surface area contributed by atoms with Gasteiger partial charge in [-0.15, -0.1) is 0 Å². The van der Waals surface area contributed by atoms with E-state index in [9.17, 15) is 9.59 Å². The molecule has 0 aliphatic carbocycles. The number of thioether (sulfide) groups is 1. The van der Waals surface area contributed by atoms with Crippen LogP contribution in [0.25, 0.3) is 11.2 Å². The second-order valence-electron chi connectivity index (χ2n) is 5.57. The maximum atomic E-state index is 12.1. The maximum absolute atomic E-state index is 12.1. The van der Waals surface area contributed by atoms with Crippen LogP contribution in [-0.4, -0.2) is 24.9 Å². The number of hydrogen-bond acceptors (Lipinski definition) is 4. The molecule has 0 aliphatic rings. The van der Waals surface area contributed by atoms with Gasteiger partial charge in [-0.3, -0.25) is 14.3 Å². The first kappa shape index (κ1) is 15.9. The predicted molar refractivity (Wildman–Crippen MR) is 86.1 cm³/mol. The van der Waals surface area contributed by atoms with E-state index in [1.807, 2.05) is 4.57 Å². The van der Waals surface area contributed by atoms with Crippen LogP contribution in [0.3, 0.4) is 0 Å². The molecule has 116 valence electrons. The van der Waals surface area contributed by atoms with Crippen LogP contribution in [0.2, 0.25) is 0 Å². The van der Waals surface area contributed by atoms with Crippen LogP contribution in [0.15, 0.2) is 14.7 Å². The number of aromatic amines is 1. The molecule has 6 nitrogen and oxygen atoms in total. The fraction of sp³-hybridized carbons (Fsp3) is 0.643. The highest BCUT2D eigenvalue weighted by Crippen LogP contribution is 2.23. The molecule has 0 bridgehead atoms. The van der Waals surface area contributed by atoms with Crippen molar-refractivity contribution in [3.63, 3.8) is 0 Å². The van der Waals surface area contributed by atoms with E-state index < -0.39 is 5.69 Å².